The fraction of sp³-hybridized carbons (Fsp3) is 0.381. The molecule has 2 heterocycles. The van der Waals surface area contributed by atoms with E-state index in [1.165, 1.54) is 6.07 Å². The predicted octanol–water partition coefficient (Wildman–Crippen LogP) is 2.42. The summed E-state index contributed by atoms with van der Waals surface area (Å²) in [6.07, 6.45) is -0.549. The van der Waals surface area contributed by atoms with Crippen LogP contribution < -0.4 is 20.3 Å². The number of hydrogen-bond acceptors (Lipinski definition) is 4. The van der Waals surface area contributed by atoms with Crippen molar-refractivity contribution in [3.8, 4) is 5.75 Å². The van der Waals surface area contributed by atoms with Crippen molar-refractivity contribution in [2.75, 3.05) is 31.1 Å². The van der Waals surface area contributed by atoms with Gasteiger partial charge in [0, 0.05) is 44.2 Å². The molecule has 0 aromatic heterocycles. The van der Waals surface area contributed by atoms with Crippen LogP contribution in [-0.4, -0.2) is 38.2 Å². The summed E-state index contributed by atoms with van der Waals surface area (Å²) in [5.74, 6) is 0.330. The molecule has 6 heteroatoms. The van der Waals surface area contributed by atoms with Crippen LogP contribution in [0.4, 0.5) is 10.1 Å². The van der Waals surface area contributed by atoms with E-state index in [0.29, 0.717) is 5.69 Å². The molecule has 0 spiro atoms. The van der Waals surface area contributed by atoms with Gasteiger partial charge in [-0.15, -0.1) is 0 Å². The Hall–Kier alpha value is -2.60. The van der Waals surface area contributed by atoms with Gasteiger partial charge in [0.1, 0.15) is 11.6 Å². The molecule has 0 unspecified atom stereocenters. The normalized spacial score (nSPS) is 21.5. The summed E-state index contributed by atoms with van der Waals surface area (Å²) < 4.78 is 20.3. The van der Waals surface area contributed by atoms with E-state index in [1.54, 1.807) is 6.07 Å². The number of piperazine rings is 1. The molecule has 0 aliphatic carbocycles. The van der Waals surface area contributed by atoms with E-state index >= 15 is 0 Å². The summed E-state index contributed by atoms with van der Waals surface area (Å²) in [6, 6.07) is 12.9. The number of carbonyl (C=O) groups excluding carboxylic acids is 1. The molecular formula is C21H24FN3O2. The highest BCUT2D eigenvalue weighted by atomic mass is 19.1. The molecule has 2 aliphatic heterocycles. The molecule has 2 aromatic rings. The summed E-state index contributed by atoms with van der Waals surface area (Å²) in [4.78, 5) is 14.6. The van der Waals surface area contributed by atoms with E-state index in [4.69, 9.17) is 4.74 Å². The number of ether oxygens (including phenoxy) is 1. The molecule has 4 rings (SSSR count). The average molecular weight is 369 g/mol. The van der Waals surface area contributed by atoms with Crippen LogP contribution in [0.15, 0.2) is 42.5 Å². The quantitative estimate of drug-likeness (QED) is 0.869. The largest absolute Gasteiger partial charge is 0.480 e. The van der Waals surface area contributed by atoms with Crippen LogP contribution in [-0.2, 0) is 11.3 Å². The molecule has 2 aliphatic rings. The Morgan fingerprint density at radius 1 is 1.26 bits per heavy atom. The summed E-state index contributed by atoms with van der Waals surface area (Å²) in [7, 11) is 0. The summed E-state index contributed by atoms with van der Waals surface area (Å²) in [5, 5.41) is 6.14. The molecule has 1 fully saturated rings. The van der Waals surface area contributed by atoms with Gasteiger partial charge in [-0.3, -0.25) is 4.79 Å². The highest BCUT2D eigenvalue weighted by Crippen LogP contribution is 2.37. The standard InChI is InChI=1S/C21H24FN3O2/c1-14-16-4-2-3-5-19(16)27-20(14)21(26)24-13-15-6-7-18(17(22)12-15)25-10-8-23-9-11-25/h2-7,12,14,20,23H,8-11,13H2,1H3,(H,24,26)/t14-,20+/m0/s1. The van der Waals surface area contributed by atoms with Gasteiger partial charge in [0.05, 0.1) is 5.69 Å². The van der Waals surface area contributed by atoms with Gasteiger partial charge in [0.25, 0.3) is 5.91 Å². The number of nitrogens with zero attached hydrogens (tertiary/aromatic N) is 1. The van der Waals surface area contributed by atoms with E-state index in [2.05, 4.69) is 10.6 Å². The molecule has 0 saturated carbocycles. The first-order valence-corrected chi connectivity index (χ1v) is 9.41. The average Bonchev–Trinajstić information content (AvgIpc) is 3.04. The molecule has 0 radical (unpaired) electrons. The topological polar surface area (TPSA) is 53.6 Å². The first kappa shape index (κ1) is 17.8. The number of para-hydroxylation sites is 1. The first-order chi connectivity index (χ1) is 13.1. The highest BCUT2D eigenvalue weighted by Gasteiger charge is 2.35. The highest BCUT2D eigenvalue weighted by molar-refractivity contribution is 5.83. The number of rotatable bonds is 4. The number of amides is 1. The van der Waals surface area contributed by atoms with Gasteiger partial charge in [-0.2, -0.15) is 0 Å². The van der Waals surface area contributed by atoms with Gasteiger partial charge in [-0.1, -0.05) is 31.2 Å². The van der Waals surface area contributed by atoms with E-state index in [1.807, 2.05) is 42.2 Å². The third kappa shape index (κ3) is 3.62. The second-order valence-electron chi connectivity index (χ2n) is 7.11. The Labute approximate surface area is 158 Å². The molecule has 0 bridgehead atoms. The predicted molar refractivity (Wildman–Crippen MR) is 103 cm³/mol. The zero-order valence-electron chi connectivity index (χ0n) is 15.4. The van der Waals surface area contributed by atoms with E-state index in [-0.39, 0.29) is 24.2 Å². The number of fused-ring (bicyclic) bond motifs is 1. The van der Waals surface area contributed by atoms with Gasteiger partial charge in [-0.05, 0) is 23.8 Å². The van der Waals surface area contributed by atoms with Gasteiger partial charge in [-0.25, -0.2) is 4.39 Å². The molecule has 1 saturated heterocycles. The Balaban J connectivity index is 1.37. The van der Waals surface area contributed by atoms with Crippen molar-refractivity contribution in [3.63, 3.8) is 0 Å². The lowest BCUT2D eigenvalue weighted by atomic mass is 9.97. The summed E-state index contributed by atoms with van der Waals surface area (Å²) >= 11 is 0. The van der Waals surface area contributed by atoms with Gasteiger partial charge in [0.15, 0.2) is 6.10 Å². The summed E-state index contributed by atoms with van der Waals surface area (Å²) in [6.45, 7) is 5.58. The Morgan fingerprint density at radius 2 is 2.04 bits per heavy atom. The van der Waals surface area contributed by atoms with Crippen molar-refractivity contribution in [2.24, 2.45) is 0 Å². The monoisotopic (exact) mass is 369 g/mol. The Bertz CT molecular complexity index is 836. The fourth-order valence-electron chi connectivity index (χ4n) is 3.76. The molecule has 142 valence electrons. The fourth-order valence-corrected chi connectivity index (χ4v) is 3.76. The maximum atomic E-state index is 14.5. The Morgan fingerprint density at radius 3 is 2.78 bits per heavy atom. The number of nitrogens with one attached hydrogen (secondary N) is 2. The minimum Gasteiger partial charge on any atom is -0.480 e. The maximum Gasteiger partial charge on any atom is 0.261 e. The molecule has 1 amide bonds. The van der Waals surface area contributed by atoms with Crippen molar-refractivity contribution in [3.05, 3.63) is 59.4 Å². The minimum absolute atomic E-state index is 0.00646. The van der Waals surface area contributed by atoms with Gasteiger partial charge in [0.2, 0.25) is 0 Å². The number of carbonyl (C=O) groups is 1. The van der Waals surface area contributed by atoms with Crippen molar-refractivity contribution in [2.45, 2.75) is 25.5 Å². The molecular weight excluding hydrogens is 345 g/mol. The second kappa shape index (κ2) is 7.56. The van der Waals surface area contributed by atoms with Crippen molar-refractivity contribution in [1.29, 1.82) is 0 Å². The van der Waals surface area contributed by atoms with Gasteiger partial charge >= 0.3 is 0 Å². The van der Waals surface area contributed by atoms with Crippen LogP contribution in [0.2, 0.25) is 0 Å². The molecule has 2 aromatic carbocycles. The van der Waals surface area contributed by atoms with Crippen LogP contribution in [0.3, 0.4) is 0 Å². The van der Waals surface area contributed by atoms with E-state index < -0.39 is 6.10 Å². The second-order valence-corrected chi connectivity index (χ2v) is 7.11. The number of anilines is 1. The Kier molecular flexibility index (Phi) is 4.99. The zero-order valence-corrected chi connectivity index (χ0v) is 15.4. The smallest absolute Gasteiger partial charge is 0.261 e. The maximum absolute atomic E-state index is 14.5. The van der Waals surface area contributed by atoms with Crippen LogP contribution in [0.5, 0.6) is 5.75 Å². The van der Waals surface area contributed by atoms with Crippen molar-refractivity contribution in [1.82, 2.24) is 10.6 Å². The lowest BCUT2D eigenvalue weighted by molar-refractivity contribution is -0.128. The molecule has 5 nitrogen and oxygen atoms in total. The number of hydrogen-bond donors (Lipinski definition) is 2. The lowest BCUT2D eigenvalue weighted by Crippen LogP contribution is -2.43. The van der Waals surface area contributed by atoms with Crippen LogP contribution in [0, 0.1) is 5.82 Å². The van der Waals surface area contributed by atoms with Gasteiger partial charge < -0.3 is 20.3 Å². The third-order valence-corrected chi connectivity index (χ3v) is 5.31. The number of halogens is 1. The zero-order chi connectivity index (χ0) is 18.8. The van der Waals surface area contributed by atoms with Crippen LogP contribution in [0.1, 0.15) is 24.0 Å². The van der Waals surface area contributed by atoms with Crippen LogP contribution >= 0.6 is 0 Å². The van der Waals surface area contributed by atoms with Crippen molar-refractivity contribution >= 4 is 11.6 Å². The SMILES string of the molecule is C[C@H]1c2ccccc2O[C@H]1C(=O)NCc1ccc(N2CCNCC2)c(F)c1. The molecule has 2 N–H and O–H groups in total. The lowest BCUT2D eigenvalue weighted by Gasteiger charge is -2.29. The van der Waals surface area contributed by atoms with E-state index in [0.717, 1.165) is 43.1 Å². The van der Waals surface area contributed by atoms with Crippen LogP contribution in [0.25, 0.3) is 0 Å². The molecule has 2 atom stereocenters. The summed E-state index contributed by atoms with van der Waals surface area (Å²) in [5.41, 5.74) is 2.40. The number of benzene rings is 2. The van der Waals surface area contributed by atoms with E-state index in [9.17, 15) is 9.18 Å². The minimum atomic E-state index is -0.549. The molecule has 27 heavy (non-hydrogen) atoms. The first-order valence-electron chi connectivity index (χ1n) is 9.41. The van der Waals surface area contributed by atoms with Crippen molar-refractivity contribution < 1.29 is 13.9 Å². The third-order valence-electron chi connectivity index (χ3n) is 5.31.